The van der Waals surface area contributed by atoms with Crippen LogP contribution in [0.25, 0.3) is 22.3 Å². The van der Waals surface area contributed by atoms with Gasteiger partial charge in [-0.05, 0) is 111 Å². The smallest absolute Gasteiger partial charge is 0.0719 e. The Labute approximate surface area is 344 Å². The number of hydrogen-bond donors (Lipinski definition) is 0. The van der Waals surface area contributed by atoms with Gasteiger partial charge in [-0.15, -0.1) is 0 Å². The summed E-state index contributed by atoms with van der Waals surface area (Å²) in [6.07, 6.45) is 0. The first kappa shape index (κ1) is 34.2. The van der Waals surface area contributed by atoms with E-state index in [1.54, 1.807) is 0 Å². The molecule has 0 saturated heterocycles. The van der Waals surface area contributed by atoms with Crippen molar-refractivity contribution in [2.45, 2.75) is 15.2 Å². The van der Waals surface area contributed by atoms with E-state index in [4.69, 9.17) is 0 Å². The SMILES string of the molecule is c1ccc(N(c2cccc(-c3ccccc3C3(c4ccccc4)c4ccccc4-c4ccccc43)c2)c2ccc3c(c2)Sc2ccccc2N3c2ccccc2)cc1. The largest absolute Gasteiger partial charge is 0.310 e. The summed E-state index contributed by atoms with van der Waals surface area (Å²) in [6, 6.07) is 84.2. The number of benzene rings is 9. The molecule has 274 valence electrons. The Kier molecular flexibility index (Phi) is 8.34. The average Bonchev–Trinajstić information content (AvgIpc) is 3.60. The maximum Gasteiger partial charge on any atom is 0.0719 e. The van der Waals surface area contributed by atoms with Crippen LogP contribution in [0, 0.1) is 0 Å². The van der Waals surface area contributed by atoms with E-state index >= 15 is 0 Å². The molecule has 1 aliphatic carbocycles. The zero-order chi connectivity index (χ0) is 38.5. The molecule has 11 rings (SSSR count). The molecule has 0 N–H and O–H groups in total. The van der Waals surface area contributed by atoms with Gasteiger partial charge in [-0.1, -0.05) is 176 Å². The van der Waals surface area contributed by atoms with Gasteiger partial charge in [0.1, 0.15) is 0 Å². The molecule has 0 spiro atoms. The van der Waals surface area contributed by atoms with Crippen LogP contribution in [0.5, 0.6) is 0 Å². The zero-order valence-corrected chi connectivity index (χ0v) is 32.6. The van der Waals surface area contributed by atoms with Crippen molar-refractivity contribution in [1.29, 1.82) is 0 Å². The van der Waals surface area contributed by atoms with Crippen LogP contribution >= 0.6 is 11.8 Å². The van der Waals surface area contributed by atoms with Gasteiger partial charge in [-0.2, -0.15) is 0 Å². The highest BCUT2D eigenvalue weighted by Crippen LogP contribution is 2.58. The molecule has 0 unspecified atom stereocenters. The van der Waals surface area contributed by atoms with Crippen LogP contribution in [0.15, 0.2) is 240 Å². The van der Waals surface area contributed by atoms with Crippen molar-refractivity contribution in [2.24, 2.45) is 0 Å². The molecule has 2 aliphatic rings. The minimum atomic E-state index is -0.503. The monoisotopic (exact) mass is 758 g/mol. The van der Waals surface area contributed by atoms with E-state index in [1.165, 1.54) is 65.7 Å². The minimum Gasteiger partial charge on any atom is -0.310 e. The second kappa shape index (κ2) is 14.1. The Morgan fingerprint density at radius 1 is 0.362 bits per heavy atom. The second-order valence-electron chi connectivity index (χ2n) is 14.9. The summed E-state index contributed by atoms with van der Waals surface area (Å²) >= 11 is 1.84. The van der Waals surface area contributed by atoms with Crippen molar-refractivity contribution in [3.8, 4) is 22.3 Å². The van der Waals surface area contributed by atoms with Gasteiger partial charge < -0.3 is 9.80 Å². The fraction of sp³-hybridized carbons (Fsp3) is 0.0182. The molecule has 2 nitrogen and oxygen atoms in total. The van der Waals surface area contributed by atoms with Crippen LogP contribution in [-0.4, -0.2) is 0 Å². The van der Waals surface area contributed by atoms with E-state index in [0.29, 0.717) is 0 Å². The summed E-state index contributed by atoms with van der Waals surface area (Å²) in [6.45, 7) is 0. The van der Waals surface area contributed by atoms with Crippen LogP contribution in [0.1, 0.15) is 22.3 Å². The molecule has 0 saturated carbocycles. The number of fused-ring (bicyclic) bond motifs is 5. The highest BCUT2D eigenvalue weighted by atomic mass is 32.2. The molecule has 3 heteroatoms. The van der Waals surface area contributed by atoms with Crippen LogP contribution in [0.4, 0.5) is 34.1 Å². The van der Waals surface area contributed by atoms with Gasteiger partial charge in [0.2, 0.25) is 0 Å². The van der Waals surface area contributed by atoms with Crippen molar-refractivity contribution in [1.82, 2.24) is 0 Å². The molecule has 1 heterocycles. The molecular formula is C55H38N2S. The lowest BCUT2D eigenvalue weighted by molar-refractivity contribution is 0.770. The third-order valence-corrected chi connectivity index (χ3v) is 12.8. The lowest BCUT2D eigenvalue weighted by Crippen LogP contribution is -2.29. The Morgan fingerprint density at radius 3 is 1.59 bits per heavy atom. The van der Waals surface area contributed by atoms with Gasteiger partial charge in [0.05, 0.1) is 16.8 Å². The van der Waals surface area contributed by atoms with Crippen LogP contribution in [0.2, 0.25) is 0 Å². The standard InChI is InChI=1S/C55H38N2S/c1-4-20-40(21-5-1)55(49-31-14-11-28-46(49)47-29-12-15-32-50(47)55)48-30-13-10-27-45(48)39-19-18-26-43(37-39)56(41-22-6-2-7-23-41)44-35-36-52-54(38-44)58-53-34-17-16-33-51(53)57(52)42-24-8-3-9-25-42/h1-38H. The fourth-order valence-corrected chi connectivity index (χ4v) is 10.4. The van der Waals surface area contributed by atoms with E-state index in [0.717, 1.165) is 22.7 Å². The highest BCUT2D eigenvalue weighted by molar-refractivity contribution is 7.99. The van der Waals surface area contributed by atoms with Gasteiger partial charge >= 0.3 is 0 Å². The zero-order valence-electron chi connectivity index (χ0n) is 31.7. The quantitative estimate of drug-likeness (QED) is 0.160. The van der Waals surface area contributed by atoms with E-state index in [9.17, 15) is 0 Å². The number of anilines is 6. The normalized spacial score (nSPS) is 13.2. The Hall–Kier alpha value is -7.07. The van der Waals surface area contributed by atoms with Crippen molar-refractivity contribution in [3.05, 3.63) is 253 Å². The molecule has 58 heavy (non-hydrogen) atoms. The summed E-state index contributed by atoms with van der Waals surface area (Å²) in [5, 5.41) is 0. The van der Waals surface area contributed by atoms with E-state index < -0.39 is 5.41 Å². The summed E-state index contributed by atoms with van der Waals surface area (Å²) < 4.78 is 0. The van der Waals surface area contributed by atoms with Crippen LogP contribution in [0.3, 0.4) is 0 Å². The maximum atomic E-state index is 2.40. The lowest BCUT2D eigenvalue weighted by Gasteiger charge is -2.36. The Morgan fingerprint density at radius 2 is 0.879 bits per heavy atom. The second-order valence-corrected chi connectivity index (χ2v) is 16.0. The van der Waals surface area contributed by atoms with Gasteiger partial charge in [0.25, 0.3) is 0 Å². The molecule has 9 aromatic carbocycles. The molecular weight excluding hydrogens is 721 g/mol. The minimum absolute atomic E-state index is 0.503. The lowest BCUT2D eigenvalue weighted by atomic mass is 9.66. The summed E-state index contributed by atoms with van der Waals surface area (Å²) in [5.74, 6) is 0. The maximum absolute atomic E-state index is 2.40. The van der Waals surface area contributed by atoms with Crippen molar-refractivity contribution < 1.29 is 0 Å². The van der Waals surface area contributed by atoms with E-state index in [-0.39, 0.29) is 0 Å². The molecule has 0 radical (unpaired) electrons. The van der Waals surface area contributed by atoms with Crippen LogP contribution < -0.4 is 9.80 Å². The number of rotatable bonds is 7. The fourth-order valence-electron chi connectivity index (χ4n) is 9.32. The van der Waals surface area contributed by atoms with Crippen molar-refractivity contribution in [3.63, 3.8) is 0 Å². The first-order valence-electron chi connectivity index (χ1n) is 19.9. The number of nitrogens with zero attached hydrogens (tertiary/aromatic N) is 2. The molecule has 0 atom stereocenters. The molecule has 0 fully saturated rings. The van der Waals surface area contributed by atoms with E-state index in [2.05, 4.69) is 240 Å². The number of hydrogen-bond acceptors (Lipinski definition) is 3. The molecule has 9 aromatic rings. The Bertz CT molecular complexity index is 2900. The predicted octanol–water partition coefficient (Wildman–Crippen LogP) is 15.1. The van der Waals surface area contributed by atoms with Gasteiger partial charge in [0, 0.05) is 32.5 Å². The van der Waals surface area contributed by atoms with Crippen molar-refractivity contribution >= 4 is 45.9 Å². The first-order chi connectivity index (χ1) is 28.8. The average molecular weight is 759 g/mol. The van der Waals surface area contributed by atoms with Crippen molar-refractivity contribution in [2.75, 3.05) is 9.80 Å². The first-order valence-corrected chi connectivity index (χ1v) is 20.7. The number of para-hydroxylation sites is 3. The third-order valence-electron chi connectivity index (χ3n) is 11.7. The van der Waals surface area contributed by atoms with E-state index in [1.807, 2.05) is 11.8 Å². The van der Waals surface area contributed by atoms with Gasteiger partial charge in [-0.3, -0.25) is 0 Å². The summed E-state index contributed by atoms with van der Waals surface area (Å²) in [4.78, 5) is 7.24. The molecule has 0 aromatic heterocycles. The topological polar surface area (TPSA) is 6.48 Å². The highest BCUT2D eigenvalue weighted by Gasteiger charge is 2.47. The van der Waals surface area contributed by atoms with Gasteiger partial charge in [0.15, 0.2) is 0 Å². The predicted molar refractivity (Wildman–Crippen MR) is 243 cm³/mol. The third kappa shape index (κ3) is 5.43. The molecule has 0 amide bonds. The summed E-state index contributed by atoms with van der Waals surface area (Å²) in [5.41, 5.74) is 16.5. The summed E-state index contributed by atoms with van der Waals surface area (Å²) in [7, 11) is 0. The van der Waals surface area contributed by atoms with Crippen LogP contribution in [-0.2, 0) is 5.41 Å². The Balaban J connectivity index is 1.09. The molecule has 0 bridgehead atoms. The molecule has 1 aliphatic heterocycles. The van der Waals surface area contributed by atoms with Gasteiger partial charge in [-0.25, -0.2) is 0 Å².